The summed E-state index contributed by atoms with van der Waals surface area (Å²) in [5.41, 5.74) is 2.97. The predicted octanol–water partition coefficient (Wildman–Crippen LogP) is 4.71. The van der Waals surface area contributed by atoms with Gasteiger partial charge in [0.05, 0.1) is 19.1 Å². The van der Waals surface area contributed by atoms with E-state index in [4.69, 9.17) is 9.47 Å². The number of ether oxygens (including phenoxy) is 2. The summed E-state index contributed by atoms with van der Waals surface area (Å²) in [4.78, 5) is 27.4. The third kappa shape index (κ3) is 5.17. The summed E-state index contributed by atoms with van der Waals surface area (Å²) in [6, 6.07) is 26.6. The third-order valence-electron chi connectivity index (χ3n) is 5.99. The first-order valence-electron chi connectivity index (χ1n) is 11.0. The van der Waals surface area contributed by atoms with E-state index in [0.29, 0.717) is 6.54 Å². The van der Waals surface area contributed by atoms with Crippen molar-refractivity contribution in [2.75, 3.05) is 7.11 Å². The second-order valence-electron chi connectivity index (χ2n) is 8.19. The van der Waals surface area contributed by atoms with Gasteiger partial charge in [-0.05, 0) is 35.7 Å². The van der Waals surface area contributed by atoms with Crippen molar-refractivity contribution in [3.8, 4) is 5.75 Å². The fraction of sp³-hybridized carbons (Fsp3) is 0.259. The summed E-state index contributed by atoms with van der Waals surface area (Å²) in [7, 11) is 1.62. The van der Waals surface area contributed by atoms with Crippen LogP contribution in [0.2, 0.25) is 0 Å². The molecule has 0 saturated carbocycles. The maximum Gasteiger partial charge on any atom is 0.407 e. The monoisotopic (exact) mass is 444 g/mol. The van der Waals surface area contributed by atoms with Gasteiger partial charge < -0.3 is 19.7 Å². The summed E-state index contributed by atoms with van der Waals surface area (Å²) >= 11 is 0. The van der Waals surface area contributed by atoms with E-state index in [-0.39, 0.29) is 30.5 Å². The van der Waals surface area contributed by atoms with Crippen LogP contribution < -0.4 is 10.1 Å². The van der Waals surface area contributed by atoms with Crippen LogP contribution in [-0.4, -0.2) is 30.1 Å². The molecule has 0 aliphatic carbocycles. The minimum Gasteiger partial charge on any atom is -0.497 e. The van der Waals surface area contributed by atoms with E-state index in [1.807, 2.05) is 96.8 Å². The SMILES string of the molecule is COc1ccc([C@@H]2[C@@H]([C@H](C)NC(=O)OCc3ccccc3)C(=O)N2Cc2ccccc2)cc1. The number of β-lactam (4-membered cyclic amide) rings is 1. The second-order valence-corrected chi connectivity index (χ2v) is 8.19. The third-order valence-corrected chi connectivity index (χ3v) is 5.99. The van der Waals surface area contributed by atoms with Crippen LogP contribution >= 0.6 is 0 Å². The highest BCUT2D eigenvalue weighted by molar-refractivity contribution is 5.88. The summed E-state index contributed by atoms with van der Waals surface area (Å²) in [6.45, 7) is 2.54. The number of benzene rings is 3. The van der Waals surface area contributed by atoms with Crippen LogP contribution in [0, 0.1) is 5.92 Å². The van der Waals surface area contributed by atoms with Gasteiger partial charge in [0.2, 0.25) is 5.91 Å². The fourth-order valence-electron chi connectivity index (χ4n) is 4.25. The Kier molecular flexibility index (Phi) is 6.93. The highest BCUT2D eigenvalue weighted by Gasteiger charge is 2.50. The lowest BCUT2D eigenvalue weighted by molar-refractivity contribution is -0.160. The van der Waals surface area contributed by atoms with Crippen molar-refractivity contribution in [3.05, 3.63) is 102 Å². The van der Waals surface area contributed by atoms with Crippen LogP contribution in [0.25, 0.3) is 0 Å². The first kappa shape index (κ1) is 22.4. The van der Waals surface area contributed by atoms with Crippen LogP contribution in [-0.2, 0) is 22.7 Å². The van der Waals surface area contributed by atoms with E-state index in [1.54, 1.807) is 7.11 Å². The maximum atomic E-state index is 13.2. The molecule has 0 aromatic heterocycles. The number of amides is 2. The Morgan fingerprint density at radius 3 is 2.15 bits per heavy atom. The first-order chi connectivity index (χ1) is 16.1. The number of nitrogens with one attached hydrogen (secondary N) is 1. The fourth-order valence-corrected chi connectivity index (χ4v) is 4.25. The van der Waals surface area contributed by atoms with Crippen LogP contribution in [0.15, 0.2) is 84.9 Å². The second kappa shape index (κ2) is 10.2. The molecule has 1 heterocycles. The zero-order valence-electron chi connectivity index (χ0n) is 18.8. The zero-order valence-corrected chi connectivity index (χ0v) is 18.8. The molecule has 0 spiro atoms. The highest BCUT2D eigenvalue weighted by atomic mass is 16.5. The van der Waals surface area contributed by atoms with Gasteiger partial charge in [-0.25, -0.2) is 4.79 Å². The van der Waals surface area contributed by atoms with Gasteiger partial charge in [0.1, 0.15) is 12.4 Å². The molecule has 0 unspecified atom stereocenters. The summed E-state index contributed by atoms with van der Waals surface area (Å²) < 4.78 is 10.6. The van der Waals surface area contributed by atoms with Crippen molar-refractivity contribution >= 4 is 12.0 Å². The summed E-state index contributed by atoms with van der Waals surface area (Å²) in [5.74, 6) is 0.383. The number of likely N-dealkylation sites (tertiary alicyclic amines) is 1. The topological polar surface area (TPSA) is 67.9 Å². The lowest BCUT2D eigenvalue weighted by atomic mass is 9.77. The van der Waals surface area contributed by atoms with Crippen LogP contribution in [0.3, 0.4) is 0 Å². The van der Waals surface area contributed by atoms with Crippen molar-refractivity contribution < 1.29 is 19.1 Å². The van der Waals surface area contributed by atoms with Crippen molar-refractivity contribution in [1.29, 1.82) is 0 Å². The highest BCUT2D eigenvalue weighted by Crippen LogP contribution is 2.43. The molecule has 0 bridgehead atoms. The molecular formula is C27H28N2O4. The average Bonchev–Trinajstić information content (AvgIpc) is 2.85. The molecule has 2 amide bonds. The number of hydrogen-bond acceptors (Lipinski definition) is 4. The molecule has 1 N–H and O–H groups in total. The first-order valence-corrected chi connectivity index (χ1v) is 11.0. The Hall–Kier alpha value is -3.80. The minimum atomic E-state index is -0.533. The molecule has 3 aromatic carbocycles. The summed E-state index contributed by atoms with van der Waals surface area (Å²) in [6.07, 6.45) is -0.533. The van der Waals surface area contributed by atoms with Gasteiger partial charge >= 0.3 is 6.09 Å². The van der Waals surface area contributed by atoms with E-state index >= 15 is 0 Å². The van der Waals surface area contributed by atoms with Crippen molar-refractivity contribution in [2.24, 2.45) is 5.92 Å². The number of nitrogens with zero attached hydrogens (tertiary/aromatic N) is 1. The Labute approximate surface area is 194 Å². The number of hydrogen-bond donors (Lipinski definition) is 1. The van der Waals surface area contributed by atoms with E-state index < -0.39 is 6.09 Å². The van der Waals surface area contributed by atoms with Crippen LogP contribution in [0.5, 0.6) is 5.75 Å². The number of carbonyl (C=O) groups excluding carboxylic acids is 2. The molecule has 33 heavy (non-hydrogen) atoms. The lowest BCUT2D eigenvalue weighted by Crippen LogP contribution is -2.61. The number of rotatable bonds is 8. The van der Waals surface area contributed by atoms with Crippen molar-refractivity contribution in [2.45, 2.75) is 32.2 Å². The van der Waals surface area contributed by atoms with Gasteiger partial charge in [-0.2, -0.15) is 0 Å². The molecule has 6 heteroatoms. The van der Waals surface area contributed by atoms with E-state index in [2.05, 4.69) is 5.32 Å². The lowest BCUT2D eigenvalue weighted by Gasteiger charge is -2.50. The molecule has 0 radical (unpaired) electrons. The molecular weight excluding hydrogens is 416 g/mol. The molecule has 1 aliphatic heterocycles. The molecule has 170 valence electrons. The molecule has 4 rings (SSSR count). The molecule has 6 nitrogen and oxygen atoms in total. The Morgan fingerprint density at radius 1 is 0.939 bits per heavy atom. The van der Waals surface area contributed by atoms with Gasteiger partial charge in [0.15, 0.2) is 0 Å². The minimum absolute atomic E-state index is 0.00975. The number of methoxy groups -OCH3 is 1. The van der Waals surface area contributed by atoms with E-state index in [1.165, 1.54) is 0 Å². The largest absolute Gasteiger partial charge is 0.497 e. The van der Waals surface area contributed by atoms with E-state index in [0.717, 1.165) is 22.4 Å². The van der Waals surface area contributed by atoms with Crippen LogP contribution in [0.4, 0.5) is 4.79 Å². The van der Waals surface area contributed by atoms with Crippen molar-refractivity contribution in [3.63, 3.8) is 0 Å². The maximum absolute atomic E-state index is 13.2. The molecule has 1 fully saturated rings. The Balaban J connectivity index is 1.47. The smallest absolute Gasteiger partial charge is 0.407 e. The van der Waals surface area contributed by atoms with Gasteiger partial charge in [-0.1, -0.05) is 72.8 Å². The molecule has 3 atom stereocenters. The average molecular weight is 445 g/mol. The van der Waals surface area contributed by atoms with Gasteiger partial charge in [0, 0.05) is 12.6 Å². The molecule has 1 saturated heterocycles. The Bertz CT molecular complexity index is 1070. The Morgan fingerprint density at radius 2 is 1.55 bits per heavy atom. The van der Waals surface area contributed by atoms with Crippen molar-refractivity contribution in [1.82, 2.24) is 10.2 Å². The summed E-state index contributed by atoms with van der Waals surface area (Å²) in [5, 5.41) is 2.86. The number of alkyl carbamates (subject to hydrolysis) is 1. The predicted molar refractivity (Wildman–Crippen MR) is 125 cm³/mol. The normalized spacial score (nSPS) is 18.2. The van der Waals surface area contributed by atoms with Gasteiger partial charge in [-0.3, -0.25) is 4.79 Å². The zero-order chi connectivity index (χ0) is 23.2. The molecule has 1 aliphatic rings. The van der Waals surface area contributed by atoms with Gasteiger partial charge in [0.25, 0.3) is 0 Å². The van der Waals surface area contributed by atoms with Gasteiger partial charge in [-0.15, -0.1) is 0 Å². The van der Waals surface area contributed by atoms with Crippen LogP contribution in [0.1, 0.15) is 29.7 Å². The number of carbonyl (C=O) groups is 2. The van der Waals surface area contributed by atoms with E-state index in [9.17, 15) is 9.59 Å². The standard InChI is InChI=1S/C27H28N2O4/c1-19(28-27(31)33-18-21-11-7-4-8-12-21)24-25(22-13-15-23(32-2)16-14-22)29(26(24)30)17-20-9-5-3-6-10-20/h3-16,19,24-25H,17-18H2,1-2H3,(H,28,31)/t19-,24+,25+/m0/s1. The quantitative estimate of drug-likeness (QED) is 0.511. The molecule has 3 aromatic rings.